The van der Waals surface area contributed by atoms with Crippen molar-refractivity contribution in [3.05, 3.63) is 30.1 Å². The smallest absolute Gasteiger partial charge is 0.240 e. The molecule has 1 saturated carbocycles. The van der Waals surface area contributed by atoms with Crippen LogP contribution in [-0.4, -0.2) is 33.2 Å². The molecule has 1 amide bonds. The van der Waals surface area contributed by atoms with Gasteiger partial charge in [0, 0.05) is 19.1 Å². The molecule has 3 rings (SSSR count). The van der Waals surface area contributed by atoms with E-state index in [0.717, 1.165) is 29.7 Å². The standard InChI is InChI=1S/C15H19N3O2/c19-9-3-6-14-17-12-4-1-2-5-13(12)18(14)10-15(20)16-11-7-8-11/h1-2,4-5,11,19H,3,6-10H2,(H,16,20). The average molecular weight is 273 g/mol. The largest absolute Gasteiger partial charge is 0.396 e. The number of benzene rings is 1. The first-order valence-corrected chi connectivity index (χ1v) is 7.12. The summed E-state index contributed by atoms with van der Waals surface area (Å²) in [5.74, 6) is 0.909. The Kier molecular flexibility index (Phi) is 3.69. The highest BCUT2D eigenvalue weighted by atomic mass is 16.2. The molecule has 0 unspecified atom stereocenters. The molecule has 106 valence electrons. The molecular formula is C15H19N3O2. The van der Waals surface area contributed by atoms with Gasteiger partial charge in [0.2, 0.25) is 5.91 Å². The zero-order chi connectivity index (χ0) is 13.9. The molecule has 0 aliphatic heterocycles. The van der Waals surface area contributed by atoms with E-state index in [4.69, 9.17) is 5.11 Å². The zero-order valence-electron chi connectivity index (χ0n) is 11.4. The van der Waals surface area contributed by atoms with Gasteiger partial charge in [-0.1, -0.05) is 12.1 Å². The number of carbonyl (C=O) groups is 1. The number of aliphatic hydroxyl groups excluding tert-OH is 1. The van der Waals surface area contributed by atoms with Crippen LogP contribution >= 0.6 is 0 Å². The number of aromatic nitrogens is 2. The van der Waals surface area contributed by atoms with Crippen molar-refractivity contribution in [2.24, 2.45) is 0 Å². The Balaban J connectivity index is 1.86. The van der Waals surface area contributed by atoms with Crippen LogP contribution < -0.4 is 5.32 Å². The highest BCUT2D eigenvalue weighted by Crippen LogP contribution is 2.20. The van der Waals surface area contributed by atoms with Crippen molar-refractivity contribution in [2.45, 2.75) is 38.3 Å². The van der Waals surface area contributed by atoms with Crippen molar-refractivity contribution < 1.29 is 9.90 Å². The third-order valence-corrected chi connectivity index (χ3v) is 3.54. The van der Waals surface area contributed by atoms with E-state index in [9.17, 15) is 4.79 Å². The normalized spacial score (nSPS) is 14.7. The number of para-hydroxylation sites is 2. The third-order valence-electron chi connectivity index (χ3n) is 3.54. The summed E-state index contributed by atoms with van der Waals surface area (Å²) in [6, 6.07) is 8.20. The SMILES string of the molecule is O=C(Cn1c(CCCO)nc2ccccc21)NC1CC1. The number of nitrogens with one attached hydrogen (secondary N) is 1. The van der Waals surface area contributed by atoms with Crippen molar-refractivity contribution >= 4 is 16.9 Å². The molecule has 0 saturated heterocycles. The average Bonchev–Trinajstić information content (AvgIpc) is 3.19. The molecule has 5 nitrogen and oxygen atoms in total. The number of hydrogen-bond acceptors (Lipinski definition) is 3. The molecule has 1 aliphatic rings. The first kappa shape index (κ1) is 13.1. The molecule has 1 aliphatic carbocycles. The van der Waals surface area contributed by atoms with E-state index in [1.165, 1.54) is 0 Å². The molecule has 0 atom stereocenters. The number of amides is 1. The van der Waals surface area contributed by atoms with Gasteiger partial charge in [0.1, 0.15) is 12.4 Å². The summed E-state index contributed by atoms with van der Waals surface area (Å²) in [5.41, 5.74) is 1.88. The fourth-order valence-corrected chi connectivity index (χ4v) is 2.37. The molecule has 1 aromatic heterocycles. The van der Waals surface area contributed by atoms with Crippen LogP contribution in [0.5, 0.6) is 0 Å². The summed E-state index contributed by atoms with van der Waals surface area (Å²) in [7, 11) is 0. The van der Waals surface area contributed by atoms with Gasteiger partial charge in [-0.3, -0.25) is 4.79 Å². The number of aryl methyl sites for hydroxylation is 1. The fourth-order valence-electron chi connectivity index (χ4n) is 2.37. The molecule has 20 heavy (non-hydrogen) atoms. The second kappa shape index (κ2) is 5.63. The van der Waals surface area contributed by atoms with E-state index < -0.39 is 0 Å². The molecule has 1 aromatic carbocycles. The lowest BCUT2D eigenvalue weighted by molar-refractivity contribution is -0.121. The van der Waals surface area contributed by atoms with Gasteiger partial charge in [0.15, 0.2) is 0 Å². The van der Waals surface area contributed by atoms with Crippen molar-refractivity contribution in [3.8, 4) is 0 Å². The van der Waals surface area contributed by atoms with Crippen molar-refractivity contribution in [1.82, 2.24) is 14.9 Å². The highest BCUT2D eigenvalue weighted by Gasteiger charge is 2.24. The Morgan fingerprint density at radius 1 is 1.40 bits per heavy atom. The predicted molar refractivity (Wildman–Crippen MR) is 76.3 cm³/mol. The van der Waals surface area contributed by atoms with Crippen molar-refractivity contribution in [2.75, 3.05) is 6.61 Å². The number of nitrogens with zero attached hydrogens (tertiary/aromatic N) is 2. The Morgan fingerprint density at radius 3 is 2.95 bits per heavy atom. The predicted octanol–water partition coefficient (Wildman–Crippen LogP) is 1.24. The van der Waals surface area contributed by atoms with Crippen LogP contribution in [0.4, 0.5) is 0 Å². The summed E-state index contributed by atoms with van der Waals surface area (Å²) in [6.45, 7) is 0.440. The van der Waals surface area contributed by atoms with Gasteiger partial charge in [-0.25, -0.2) is 4.98 Å². The summed E-state index contributed by atoms with van der Waals surface area (Å²) < 4.78 is 1.96. The molecule has 5 heteroatoms. The van der Waals surface area contributed by atoms with E-state index in [2.05, 4.69) is 10.3 Å². The minimum atomic E-state index is 0.0425. The first-order chi connectivity index (χ1) is 9.78. The quantitative estimate of drug-likeness (QED) is 0.832. The second-order valence-corrected chi connectivity index (χ2v) is 5.27. The van der Waals surface area contributed by atoms with Crippen LogP contribution in [0, 0.1) is 0 Å². The van der Waals surface area contributed by atoms with E-state index in [0.29, 0.717) is 25.4 Å². The second-order valence-electron chi connectivity index (χ2n) is 5.27. The molecule has 1 heterocycles. The van der Waals surface area contributed by atoms with Crippen LogP contribution in [0.3, 0.4) is 0 Å². The monoisotopic (exact) mass is 273 g/mol. The molecule has 0 spiro atoms. The van der Waals surface area contributed by atoms with Crippen molar-refractivity contribution in [1.29, 1.82) is 0 Å². The minimum absolute atomic E-state index is 0.0425. The van der Waals surface area contributed by atoms with Gasteiger partial charge in [0.05, 0.1) is 11.0 Å². The van der Waals surface area contributed by atoms with Gasteiger partial charge >= 0.3 is 0 Å². The molecular weight excluding hydrogens is 254 g/mol. The molecule has 2 N–H and O–H groups in total. The lowest BCUT2D eigenvalue weighted by atomic mass is 10.3. The van der Waals surface area contributed by atoms with Crippen LogP contribution in [0.15, 0.2) is 24.3 Å². The first-order valence-electron chi connectivity index (χ1n) is 7.12. The van der Waals surface area contributed by atoms with Gasteiger partial charge in [-0.15, -0.1) is 0 Å². The van der Waals surface area contributed by atoms with Gasteiger partial charge < -0.3 is 15.0 Å². The fraction of sp³-hybridized carbons (Fsp3) is 0.467. The number of carbonyl (C=O) groups excluding carboxylic acids is 1. The Labute approximate surface area is 117 Å². The Morgan fingerprint density at radius 2 is 2.20 bits per heavy atom. The third kappa shape index (κ3) is 2.82. The topological polar surface area (TPSA) is 67.2 Å². The van der Waals surface area contributed by atoms with Crippen molar-refractivity contribution in [3.63, 3.8) is 0 Å². The van der Waals surface area contributed by atoms with E-state index in [1.807, 2.05) is 28.8 Å². The van der Waals surface area contributed by atoms with E-state index in [-0.39, 0.29) is 12.5 Å². The van der Waals surface area contributed by atoms with Crippen LogP contribution in [0.1, 0.15) is 25.1 Å². The van der Waals surface area contributed by atoms with Gasteiger partial charge in [0.25, 0.3) is 0 Å². The molecule has 0 radical (unpaired) electrons. The highest BCUT2D eigenvalue weighted by molar-refractivity contribution is 5.81. The van der Waals surface area contributed by atoms with Gasteiger partial charge in [-0.2, -0.15) is 0 Å². The molecule has 2 aromatic rings. The number of aliphatic hydroxyl groups is 1. The maximum Gasteiger partial charge on any atom is 0.240 e. The maximum absolute atomic E-state index is 12.0. The Hall–Kier alpha value is -1.88. The van der Waals surface area contributed by atoms with Gasteiger partial charge in [-0.05, 0) is 31.4 Å². The summed E-state index contributed by atoms with van der Waals surface area (Å²) in [6.07, 6.45) is 3.52. The lowest BCUT2D eigenvalue weighted by Crippen LogP contribution is -2.29. The maximum atomic E-state index is 12.0. The zero-order valence-corrected chi connectivity index (χ0v) is 11.4. The number of imidazole rings is 1. The summed E-state index contributed by atoms with van der Waals surface area (Å²) >= 11 is 0. The number of fused-ring (bicyclic) bond motifs is 1. The van der Waals surface area contributed by atoms with E-state index in [1.54, 1.807) is 0 Å². The Bertz CT molecular complexity index is 617. The molecule has 1 fully saturated rings. The summed E-state index contributed by atoms with van der Waals surface area (Å²) in [5, 5.41) is 12.0. The molecule has 0 bridgehead atoms. The number of rotatable bonds is 6. The minimum Gasteiger partial charge on any atom is -0.396 e. The van der Waals surface area contributed by atoms with Crippen LogP contribution in [0.2, 0.25) is 0 Å². The number of hydrogen-bond donors (Lipinski definition) is 2. The lowest BCUT2D eigenvalue weighted by Gasteiger charge is -2.09. The van der Waals surface area contributed by atoms with E-state index >= 15 is 0 Å². The van der Waals surface area contributed by atoms with Crippen LogP contribution in [0.25, 0.3) is 11.0 Å². The van der Waals surface area contributed by atoms with Crippen LogP contribution in [-0.2, 0) is 17.8 Å². The summed E-state index contributed by atoms with van der Waals surface area (Å²) in [4.78, 5) is 16.6.